The number of esters is 1. The van der Waals surface area contributed by atoms with Gasteiger partial charge in [-0.2, -0.15) is 20.1 Å². The molecule has 3 aromatic rings. The monoisotopic (exact) mass is 415 g/mol. The largest absolute Gasteiger partial charge is 0.454 e. The molecule has 0 atom stereocenters. The lowest BCUT2D eigenvalue weighted by atomic mass is 10.3. The van der Waals surface area contributed by atoms with Crippen LogP contribution in [0, 0.1) is 6.92 Å². The van der Waals surface area contributed by atoms with Crippen molar-refractivity contribution in [2.24, 2.45) is 0 Å². The molecule has 0 fully saturated rings. The van der Waals surface area contributed by atoms with Gasteiger partial charge in [-0.25, -0.2) is 4.79 Å². The number of aromatic nitrogens is 5. The van der Waals surface area contributed by atoms with Gasteiger partial charge in [0.15, 0.2) is 12.4 Å². The maximum Gasteiger partial charge on any atom is 0.343 e. The number of carbonyl (C=O) groups excluding carboxylic acids is 1. The van der Waals surface area contributed by atoms with Crippen LogP contribution in [0.3, 0.4) is 0 Å². The second kappa shape index (κ2) is 9.33. The molecule has 0 unspecified atom stereocenters. The number of nitrogen functional groups attached to an aromatic ring is 1. The van der Waals surface area contributed by atoms with Crippen LogP contribution in [-0.4, -0.2) is 30.7 Å². The maximum atomic E-state index is 12.5. The average molecular weight is 416 g/mol. The number of carbonyl (C=O) groups is 1. The van der Waals surface area contributed by atoms with Crippen LogP contribution in [0.5, 0.6) is 0 Å². The van der Waals surface area contributed by atoms with Gasteiger partial charge in [-0.05, 0) is 25.5 Å². The highest BCUT2D eigenvalue weighted by atomic mass is 35.5. The standard InChI is InChI=1S/C19H22ClN7O2/c1-3-4-10-27-16(20)15(12(2)26-27)17(28)29-11-14-23-18(21)25-19(24-14)22-13-8-6-5-7-9-13/h5-9H,3-4,10-11H2,1-2H3,(H3,21,22,23,24,25). The molecule has 0 amide bonds. The highest BCUT2D eigenvalue weighted by Gasteiger charge is 2.22. The van der Waals surface area contributed by atoms with Crippen molar-refractivity contribution in [2.45, 2.75) is 39.8 Å². The van der Waals surface area contributed by atoms with Crippen molar-refractivity contribution < 1.29 is 9.53 Å². The Kier molecular flexibility index (Phi) is 6.61. The summed E-state index contributed by atoms with van der Waals surface area (Å²) >= 11 is 6.31. The zero-order valence-electron chi connectivity index (χ0n) is 16.2. The van der Waals surface area contributed by atoms with Crippen molar-refractivity contribution in [3.63, 3.8) is 0 Å². The van der Waals surface area contributed by atoms with Crippen LogP contribution in [0.2, 0.25) is 5.15 Å². The van der Waals surface area contributed by atoms with Gasteiger partial charge in [-0.3, -0.25) is 4.68 Å². The Labute approximate surface area is 173 Å². The molecule has 29 heavy (non-hydrogen) atoms. The molecule has 0 aliphatic rings. The summed E-state index contributed by atoms with van der Waals surface area (Å²) in [6.45, 7) is 4.25. The van der Waals surface area contributed by atoms with Crippen molar-refractivity contribution in [2.75, 3.05) is 11.1 Å². The van der Waals surface area contributed by atoms with Gasteiger partial charge in [-0.1, -0.05) is 43.1 Å². The third-order valence-corrected chi connectivity index (χ3v) is 4.44. The molecular weight excluding hydrogens is 394 g/mol. The molecule has 9 nitrogen and oxygen atoms in total. The second-order valence-electron chi connectivity index (χ2n) is 6.33. The van der Waals surface area contributed by atoms with Crippen LogP contribution >= 0.6 is 11.6 Å². The van der Waals surface area contributed by atoms with Crippen molar-refractivity contribution in [3.05, 3.63) is 52.6 Å². The summed E-state index contributed by atoms with van der Waals surface area (Å²) in [6.07, 6.45) is 1.91. The number of nitrogens with one attached hydrogen (secondary N) is 1. The van der Waals surface area contributed by atoms with E-state index in [2.05, 4.69) is 32.3 Å². The number of unbranched alkanes of at least 4 members (excludes halogenated alkanes) is 1. The molecule has 0 aliphatic carbocycles. The predicted octanol–water partition coefficient (Wildman–Crippen LogP) is 3.51. The summed E-state index contributed by atoms with van der Waals surface area (Å²) in [5.74, 6) is -0.0920. The Balaban J connectivity index is 1.70. The van der Waals surface area contributed by atoms with Crippen LogP contribution in [0.4, 0.5) is 17.6 Å². The van der Waals surface area contributed by atoms with Crippen molar-refractivity contribution >= 4 is 35.2 Å². The number of ether oxygens (including phenoxy) is 1. The number of para-hydroxylation sites is 1. The van der Waals surface area contributed by atoms with Gasteiger partial charge >= 0.3 is 5.97 Å². The third kappa shape index (κ3) is 5.20. The van der Waals surface area contributed by atoms with E-state index in [4.69, 9.17) is 22.1 Å². The Morgan fingerprint density at radius 3 is 2.72 bits per heavy atom. The number of hydrogen-bond acceptors (Lipinski definition) is 8. The molecule has 2 heterocycles. The van der Waals surface area contributed by atoms with Gasteiger partial charge in [0, 0.05) is 12.2 Å². The smallest absolute Gasteiger partial charge is 0.343 e. The van der Waals surface area contributed by atoms with E-state index in [9.17, 15) is 4.79 Å². The van der Waals surface area contributed by atoms with E-state index in [1.54, 1.807) is 11.6 Å². The molecule has 2 aromatic heterocycles. The molecule has 0 spiro atoms. The molecule has 0 radical (unpaired) electrons. The Morgan fingerprint density at radius 1 is 1.24 bits per heavy atom. The fourth-order valence-electron chi connectivity index (χ4n) is 2.65. The maximum absolute atomic E-state index is 12.5. The number of nitrogens with zero attached hydrogens (tertiary/aromatic N) is 5. The third-order valence-electron chi connectivity index (χ3n) is 4.05. The first-order valence-electron chi connectivity index (χ1n) is 9.20. The highest BCUT2D eigenvalue weighted by molar-refractivity contribution is 6.32. The quantitative estimate of drug-likeness (QED) is 0.536. The molecular formula is C19H22ClN7O2. The SMILES string of the molecule is CCCCn1nc(C)c(C(=O)OCc2nc(N)nc(Nc3ccccc3)n2)c1Cl. The normalized spacial score (nSPS) is 10.7. The zero-order valence-corrected chi connectivity index (χ0v) is 17.0. The minimum Gasteiger partial charge on any atom is -0.454 e. The second-order valence-corrected chi connectivity index (χ2v) is 6.69. The van der Waals surface area contributed by atoms with Crippen LogP contribution in [-0.2, 0) is 17.9 Å². The highest BCUT2D eigenvalue weighted by Crippen LogP contribution is 2.22. The first-order chi connectivity index (χ1) is 14.0. The van der Waals surface area contributed by atoms with E-state index >= 15 is 0 Å². The van der Waals surface area contributed by atoms with Gasteiger partial charge in [-0.15, -0.1) is 0 Å². The van der Waals surface area contributed by atoms with Crippen molar-refractivity contribution in [3.8, 4) is 0 Å². The minimum absolute atomic E-state index is 0.0195. The summed E-state index contributed by atoms with van der Waals surface area (Å²) < 4.78 is 6.95. The van der Waals surface area contributed by atoms with Crippen molar-refractivity contribution in [1.82, 2.24) is 24.7 Å². The number of hydrogen-bond donors (Lipinski definition) is 2. The van der Waals surface area contributed by atoms with E-state index in [-0.39, 0.29) is 35.0 Å². The summed E-state index contributed by atoms with van der Waals surface area (Å²) in [4.78, 5) is 24.8. The number of nitrogens with two attached hydrogens (primary N) is 1. The first-order valence-corrected chi connectivity index (χ1v) is 9.58. The molecule has 152 valence electrons. The fraction of sp³-hybridized carbons (Fsp3) is 0.316. The van der Waals surface area contributed by atoms with E-state index in [1.807, 2.05) is 30.3 Å². The summed E-state index contributed by atoms with van der Waals surface area (Å²) in [5, 5.41) is 7.61. The van der Waals surface area contributed by atoms with Gasteiger partial charge < -0.3 is 15.8 Å². The summed E-state index contributed by atoms with van der Waals surface area (Å²) in [7, 11) is 0. The van der Waals surface area contributed by atoms with Gasteiger partial charge in [0.05, 0.1) is 5.69 Å². The molecule has 3 rings (SSSR count). The van der Waals surface area contributed by atoms with E-state index in [1.165, 1.54) is 0 Å². The molecule has 1 aromatic carbocycles. The Morgan fingerprint density at radius 2 is 2.00 bits per heavy atom. The molecule has 3 N–H and O–H groups in total. The lowest BCUT2D eigenvalue weighted by Crippen LogP contribution is -2.12. The first kappa shape index (κ1) is 20.5. The fourth-order valence-corrected chi connectivity index (χ4v) is 2.99. The van der Waals surface area contributed by atoms with E-state index < -0.39 is 5.97 Å². The molecule has 0 saturated heterocycles. The number of anilines is 3. The van der Waals surface area contributed by atoms with Crippen LogP contribution in [0.25, 0.3) is 0 Å². The van der Waals surface area contributed by atoms with Crippen LogP contribution in [0.1, 0.15) is 41.6 Å². The number of halogens is 1. The van der Waals surface area contributed by atoms with Crippen LogP contribution < -0.4 is 11.1 Å². The topological polar surface area (TPSA) is 121 Å². The summed E-state index contributed by atoms with van der Waals surface area (Å²) in [5.41, 5.74) is 7.30. The van der Waals surface area contributed by atoms with Crippen LogP contribution in [0.15, 0.2) is 30.3 Å². The average Bonchev–Trinajstić information content (AvgIpc) is 2.98. The number of benzene rings is 1. The van der Waals surface area contributed by atoms with Crippen molar-refractivity contribution in [1.29, 1.82) is 0 Å². The number of rotatable bonds is 8. The molecule has 0 saturated carbocycles. The lowest BCUT2D eigenvalue weighted by Gasteiger charge is -2.08. The molecule has 0 bridgehead atoms. The van der Waals surface area contributed by atoms with Gasteiger partial charge in [0.1, 0.15) is 10.7 Å². The molecule has 10 heteroatoms. The predicted molar refractivity (Wildman–Crippen MR) is 110 cm³/mol. The zero-order chi connectivity index (χ0) is 20.8. The summed E-state index contributed by atoms with van der Waals surface area (Å²) in [6, 6.07) is 9.38. The Bertz CT molecular complexity index is 992. The van der Waals surface area contributed by atoms with E-state index in [0.29, 0.717) is 12.2 Å². The minimum atomic E-state index is -0.591. The molecule has 0 aliphatic heterocycles. The lowest BCUT2D eigenvalue weighted by molar-refractivity contribution is 0.0461. The van der Waals surface area contributed by atoms with E-state index in [0.717, 1.165) is 18.5 Å². The van der Waals surface area contributed by atoms with Gasteiger partial charge in [0.25, 0.3) is 0 Å². The number of aryl methyl sites for hydroxylation is 2. The Hall–Kier alpha value is -3.20. The van der Waals surface area contributed by atoms with Gasteiger partial charge in [0.2, 0.25) is 11.9 Å².